The van der Waals surface area contributed by atoms with Crippen LogP contribution < -0.4 is 0 Å². The highest BCUT2D eigenvalue weighted by atomic mass is 16.2. The summed E-state index contributed by atoms with van der Waals surface area (Å²) in [5.74, 6) is 0.176. The second-order valence-electron chi connectivity index (χ2n) is 9.41. The highest BCUT2D eigenvalue weighted by Crippen LogP contribution is 2.23. The lowest BCUT2D eigenvalue weighted by molar-refractivity contribution is -0.138. The van der Waals surface area contributed by atoms with Gasteiger partial charge >= 0.3 is 0 Å². The summed E-state index contributed by atoms with van der Waals surface area (Å²) in [6, 6.07) is 8.91. The third-order valence-corrected chi connectivity index (χ3v) is 4.82. The second-order valence-corrected chi connectivity index (χ2v) is 9.41. The molecule has 1 aromatic rings. The van der Waals surface area contributed by atoms with Crippen molar-refractivity contribution in [3.05, 3.63) is 47.7 Å². The monoisotopic (exact) mass is 358 g/mol. The summed E-state index contributed by atoms with van der Waals surface area (Å²) in [6.45, 7) is 18.3. The highest BCUT2D eigenvalue weighted by Gasteiger charge is 2.24. The molecule has 0 bridgehead atoms. The van der Waals surface area contributed by atoms with Gasteiger partial charge in [0.1, 0.15) is 0 Å². The van der Waals surface area contributed by atoms with Crippen LogP contribution in [-0.4, -0.2) is 42.9 Å². The number of amides is 1. The van der Waals surface area contributed by atoms with Gasteiger partial charge in [-0.2, -0.15) is 0 Å². The van der Waals surface area contributed by atoms with E-state index in [2.05, 4.69) is 63.6 Å². The molecule has 3 nitrogen and oxygen atoms in total. The van der Waals surface area contributed by atoms with Crippen LogP contribution in [0.3, 0.4) is 0 Å². The van der Waals surface area contributed by atoms with Crippen LogP contribution in [0, 0.1) is 5.41 Å². The zero-order chi connectivity index (χ0) is 20.1. The summed E-state index contributed by atoms with van der Waals surface area (Å²) in [4.78, 5) is 16.2. The summed E-state index contributed by atoms with van der Waals surface area (Å²) in [6.07, 6.45) is 1.92. The van der Waals surface area contributed by atoms with Crippen molar-refractivity contribution in [1.29, 1.82) is 0 Å². The van der Waals surface area contributed by atoms with Crippen molar-refractivity contribution < 1.29 is 4.79 Å². The molecule has 0 aliphatic heterocycles. The molecule has 0 unspecified atom stereocenters. The number of carbonyl (C=O) groups excluding carboxylic acids is 1. The molecular formula is C23H38N2O. The van der Waals surface area contributed by atoms with E-state index in [9.17, 15) is 4.79 Å². The van der Waals surface area contributed by atoms with Gasteiger partial charge in [-0.1, -0.05) is 72.4 Å². The van der Waals surface area contributed by atoms with E-state index in [1.54, 1.807) is 0 Å². The predicted molar refractivity (Wildman–Crippen MR) is 112 cm³/mol. The third kappa shape index (κ3) is 6.86. The molecule has 1 amide bonds. The standard InChI is InChI=1S/C23H38N2O/c1-18(24(8)16-17-25(9)21(26)23(5,6)7)10-11-19-12-14-20(15-13-19)22(2,3)4/h12-15H,1,10-11,16-17H2,2-9H3. The Morgan fingerprint density at radius 2 is 1.42 bits per heavy atom. The third-order valence-electron chi connectivity index (χ3n) is 4.82. The lowest BCUT2D eigenvalue weighted by Gasteiger charge is -2.29. The van der Waals surface area contributed by atoms with E-state index in [1.807, 2.05) is 32.7 Å². The van der Waals surface area contributed by atoms with Crippen molar-refractivity contribution >= 4 is 5.91 Å². The van der Waals surface area contributed by atoms with Crippen LogP contribution in [-0.2, 0) is 16.6 Å². The fourth-order valence-corrected chi connectivity index (χ4v) is 2.78. The minimum Gasteiger partial charge on any atom is -0.377 e. The van der Waals surface area contributed by atoms with Crippen molar-refractivity contribution in [2.45, 2.75) is 59.8 Å². The minimum absolute atomic E-state index is 0.176. The van der Waals surface area contributed by atoms with Crippen LogP contribution in [0.2, 0.25) is 0 Å². The van der Waals surface area contributed by atoms with Gasteiger partial charge in [0.05, 0.1) is 0 Å². The first kappa shape index (κ1) is 22.3. The zero-order valence-corrected chi connectivity index (χ0v) is 18.1. The van der Waals surface area contributed by atoms with Gasteiger partial charge in [-0.15, -0.1) is 0 Å². The van der Waals surface area contributed by atoms with Gasteiger partial charge in [-0.3, -0.25) is 4.79 Å². The van der Waals surface area contributed by atoms with Crippen LogP contribution in [0.4, 0.5) is 0 Å². The molecule has 0 heterocycles. The van der Waals surface area contributed by atoms with Crippen molar-refractivity contribution in [3.8, 4) is 0 Å². The summed E-state index contributed by atoms with van der Waals surface area (Å²) in [5.41, 5.74) is 3.68. The van der Waals surface area contributed by atoms with E-state index in [-0.39, 0.29) is 16.7 Å². The van der Waals surface area contributed by atoms with Gasteiger partial charge in [-0.25, -0.2) is 0 Å². The van der Waals surface area contributed by atoms with Crippen LogP contribution in [0.15, 0.2) is 36.5 Å². The first-order valence-electron chi connectivity index (χ1n) is 9.56. The van der Waals surface area contributed by atoms with Gasteiger partial charge in [0.25, 0.3) is 0 Å². The molecule has 1 rings (SSSR count). The first-order chi connectivity index (χ1) is 11.8. The zero-order valence-electron chi connectivity index (χ0n) is 18.1. The van der Waals surface area contributed by atoms with Gasteiger partial charge in [0.15, 0.2) is 0 Å². The average Bonchev–Trinajstić information content (AvgIpc) is 2.55. The summed E-state index contributed by atoms with van der Waals surface area (Å²) in [7, 11) is 3.93. The van der Waals surface area contributed by atoms with E-state index in [0.29, 0.717) is 6.54 Å². The normalized spacial score (nSPS) is 12.0. The first-order valence-corrected chi connectivity index (χ1v) is 9.56. The molecule has 0 N–H and O–H groups in total. The maximum atomic E-state index is 12.2. The number of carbonyl (C=O) groups is 1. The molecule has 0 aromatic heterocycles. The van der Waals surface area contributed by atoms with Crippen LogP contribution in [0.1, 0.15) is 59.1 Å². The molecule has 0 spiro atoms. The lowest BCUT2D eigenvalue weighted by Crippen LogP contribution is -2.40. The SMILES string of the molecule is C=C(CCc1ccc(C(C)(C)C)cc1)N(C)CCN(C)C(=O)C(C)(C)C. The lowest BCUT2D eigenvalue weighted by atomic mass is 9.86. The van der Waals surface area contributed by atoms with E-state index < -0.39 is 0 Å². The van der Waals surface area contributed by atoms with Crippen LogP contribution in [0.25, 0.3) is 0 Å². The largest absolute Gasteiger partial charge is 0.377 e. The number of hydrogen-bond acceptors (Lipinski definition) is 2. The molecule has 1 aromatic carbocycles. The van der Waals surface area contributed by atoms with E-state index >= 15 is 0 Å². The molecule has 0 saturated carbocycles. The fourth-order valence-electron chi connectivity index (χ4n) is 2.78. The molecule has 26 heavy (non-hydrogen) atoms. The molecule has 3 heteroatoms. The Kier molecular flexibility index (Phi) is 7.49. The van der Waals surface area contributed by atoms with Crippen molar-refractivity contribution in [2.24, 2.45) is 5.41 Å². The number of likely N-dealkylation sites (N-methyl/N-ethyl adjacent to an activating group) is 2. The Morgan fingerprint density at radius 3 is 1.88 bits per heavy atom. The second kappa shape index (κ2) is 8.75. The number of hydrogen-bond donors (Lipinski definition) is 0. The molecule has 0 aliphatic carbocycles. The van der Waals surface area contributed by atoms with E-state index in [4.69, 9.17) is 0 Å². The molecule has 0 atom stereocenters. The Labute approximate surface area is 161 Å². The average molecular weight is 359 g/mol. The quantitative estimate of drug-likeness (QED) is 0.694. The molecule has 0 aliphatic rings. The van der Waals surface area contributed by atoms with E-state index in [1.165, 1.54) is 11.1 Å². The number of allylic oxidation sites excluding steroid dienone is 1. The van der Waals surface area contributed by atoms with Crippen molar-refractivity contribution in [3.63, 3.8) is 0 Å². The van der Waals surface area contributed by atoms with E-state index in [0.717, 1.165) is 25.1 Å². The molecule has 0 radical (unpaired) electrons. The number of rotatable bonds is 7. The maximum Gasteiger partial charge on any atom is 0.227 e. The smallest absolute Gasteiger partial charge is 0.227 e. The molecule has 146 valence electrons. The minimum atomic E-state index is -0.330. The Bertz CT molecular complexity index is 603. The molecular weight excluding hydrogens is 320 g/mol. The number of nitrogens with zero attached hydrogens (tertiary/aromatic N) is 2. The maximum absolute atomic E-state index is 12.2. The molecule has 0 fully saturated rings. The number of benzene rings is 1. The van der Waals surface area contributed by atoms with Gasteiger partial charge < -0.3 is 9.80 Å². The van der Waals surface area contributed by atoms with Crippen LogP contribution in [0.5, 0.6) is 0 Å². The van der Waals surface area contributed by atoms with Gasteiger partial charge in [0.2, 0.25) is 5.91 Å². The molecule has 0 saturated heterocycles. The topological polar surface area (TPSA) is 23.6 Å². The van der Waals surface area contributed by atoms with Gasteiger partial charge in [0, 0.05) is 38.3 Å². The van der Waals surface area contributed by atoms with Crippen LogP contribution >= 0.6 is 0 Å². The Hall–Kier alpha value is -1.77. The predicted octanol–water partition coefficient (Wildman–Crippen LogP) is 4.87. The van der Waals surface area contributed by atoms with Crippen molar-refractivity contribution in [1.82, 2.24) is 9.80 Å². The van der Waals surface area contributed by atoms with Crippen molar-refractivity contribution in [2.75, 3.05) is 27.2 Å². The summed E-state index contributed by atoms with van der Waals surface area (Å²) < 4.78 is 0. The van der Waals surface area contributed by atoms with Gasteiger partial charge in [-0.05, 0) is 29.4 Å². The number of aryl methyl sites for hydroxylation is 1. The highest BCUT2D eigenvalue weighted by molar-refractivity contribution is 5.81. The Morgan fingerprint density at radius 1 is 0.923 bits per heavy atom. The Balaban J connectivity index is 2.46. The summed E-state index contributed by atoms with van der Waals surface area (Å²) >= 11 is 0. The summed E-state index contributed by atoms with van der Waals surface area (Å²) in [5, 5.41) is 0. The fraction of sp³-hybridized carbons (Fsp3) is 0.609.